The summed E-state index contributed by atoms with van der Waals surface area (Å²) in [5.74, 6) is 0.182. The molecule has 0 atom stereocenters. The number of rotatable bonds is 6. The van der Waals surface area contributed by atoms with Crippen molar-refractivity contribution < 1.29 is 4.74 Å². The summed E-state index contributed by atoms with van der Waals surface area (Å²) in [4.78, 5) is 22.8. The summed E-state index contributed by atoms with van der Waals surface area (Å²) in [6, 6.07) is 0.161. The molecule has 0 saturated heterocycles. The molecule has 0 aromatic carbocycles. The predicted octanol–water partition coefficient (Wildman–Crippen LogP) is 1.23. The Labute approximate surface area is 115 Å². The fourth-order valence-electron chi connectivity index (χ4n) is 1.70. The Morgan fingerprint density at radius 2 is 2.30 bits per heavy atom. The lowest BCUT2D eigenvalue weighted by molar-refractivity contribution is 0.293. The number of H-pyrrole nitrogens is 1. The van der Waals surface area contributed by atoms with E-state index in [4.69, 9.17) is 10.5 Å². The molecule has 0 spiro atoms. The van der Waals surface area contributed by atoms with E-state index < -0.39 is 0 Å². The van der Waals surface area contributed by atoms with E-state index in [0.717, 1.165) is 6.42 Å². The van der Waals surface area contributed by atoms with Crippen LogP contribution in [0.1, 0.15) is 13.3 Å². The van der Waals surface area contributed by atoms with E-state index >= 15 is 0 Å². The Hall–Kier alpha value is -2.57. The SMILES string of the molecule is C=CC(=C)Cn1c(=O)[nH]c2c(N)nc(OCCC)nc21. The van der Waals surface area contributed by atoms with Gasteiger partial charge in [-0.3, -0.25) is 4.57 Å². The van der Waals surface area contributed by atoms with Crippen LogP contribution in [0.25, 0.3) is 11.2 Å². The van der Waals surface area contributed by atoms with Crippen molar-refractivity contribution in [2.24, 2.45) is 0 Å². The van der Waals surface area contributed by atoms with Gasteiger partial charge in [-0.05, 0) is 12.0 Å². The van der Waals surface area contributed by atoms with Crippen molar-refractivity contribution in [3.05, 3.63) is 35.3 Å². The number of aromatic nitrogens is 4. The molecule has 7 heteroatoms. The normalized spacial score (nSPS) is 10.7. The second-order valence-electron chi connectivity index (χ2n) is 4.32. The molecule has 7 nitrogen and oxygen atoms in total. The van der Waals surface area contributed by atoms with E-state index in [2.05, 4.69) is 28.1 Å². The number of aromatic amines is 1. The zero-order chi connectivity index (χ0) is 14.7. The van der Waals surface area contributed by atoms with Crippen molar-refractivity contribution in [3.8, 4) is 6.01 Å². The molecular weight excluding hydrogens is 258 g/mol. The number of nitrogens with zero attached hydrogens (tertiary/aromatic N) is 3. The van der Waals surface area contributed by atoms with Crippen LogP contribution in [0.4, 0.5) is 5.82 Å². The second-order valence-corrected chi connectivity index (χ2v) is 4.32. The van der Waals surface area contributed by atoms with Gasteiger partial charge in [-0.1, -0.05) is 26.2 Å². The molecular formula is C13H17N5O2. The number of fused-ring (bicyclic) bond motifs is 1. The van der Waals surface area contributed by atoms with Gasteiger partial charge in [-0.2, -0.15) is 9.97 Å². The van der Waals surface area contributed by atoms with Gasteiger partial charge < -0.3 is 15.5 Å². The monoisotopic (exact) mass is 275 g/mol. The smallest absolute Gasteiger partial charge is 0.328 e. The number of allylic oxidation sites excluding steroid dienone is 2. The Balaban J connectivity index is 2.54. The first-order chi connectivity index (χ1) is 9.56. The van der Waals surface area contributed by atoms with Crippen LogP contribution in [0.3, 0.4) is 0 Å². The van der Waals surface area contributed by atoms with Gasteiger partial charge in [-0.25, -0.2) is 4.79 Å². The minimum atomic E-state index is -0.323. The minimum absolute atomic E-state index is 0.161. The summed E-state index contributed by atoms with van der Waals surface area (Å²) in [6.45, 7) is 10.2. The van der Waals surface area contributed by atoms with Crippen LogP contribution in [-0.4, -0.2) is 26.1 Å². The molecule has 0 unspecified atom stereocenters. The average molecular weight is 275 g/mol. The fraction of sp³-hybridized carbons (Fsp3) is 0.308. The Morgan fingerprint density at radius 1 is 1.55 bits per heavy atom. The van der Waals surface area contributed by atoms with E-state index in [1.807, 2.05) is 6.92 Å². The van der Waals surface area contributed by atoms with Crippen molar-refractivity contribution in [3.63, 3.8) is 0 Å². The second kappa shape index (κ2) is 5.60. The highest BCUT2D eigenvalue weighted by molar-refractivity contribution is 5.81. The molecule has 2 rings (SSSR count). The quantitative estimate of drug-likeness (QED) is 0.772. The van der Waals surface area contributed by atoms with Crippen LogP contribution in [-0.2, 0) is 6.54 Å². The molecule has 2 aromatic rings. The van der Waals surface area contributed by atoms with E-state index in [1.54, 1.807) is 6.08 Å². The summed E-state index contributed by atoms with van der Waals surface area (Å²) in [5, 5.41) is 0. The third kappa shape index (κ3) is 2.56. The van der Waals surface area contributed by atoms with Crippen molar-refractivity contribution in [1.29, 1.82) is 0 Å². The number of nitrogen functional groups attached to an aromatic ring is 1. The molecule has 2 aromatic heterocycles. The molecule has 0 aliphatic heterocycles. The maximum absolute atomic E-state index is 11.9. The molecule has 0 aliphatic carbocycles. The molecule has 3 N–H and O–H groups in total. The maximum Gasteiger partial charge on any atom is 0.328 e. The zero-order valence-electron chi connectivity index (χ0n) is 11.3. The first-order valence-electron chi connectivity index (χ1n) is 6.25. The molecule has 0 bridgehead atoms. The highest BCUT2D eigenvalue weighted by Crippen LogP contribution is 2.18. The third-order valence-electron chi connectivity index (χ3n) is 2.72. The first kappa shape index (κ1) is 13.9. The highest BCUT2D eigenvalue weighted by atomic mass is 16.5. The number of ether oxygens (including phenoxy) is 1. The third-order valence-corrected chi connectivity index (χ3v) is 2.72. The summed E-state index contributed by atoms with van der Waals surface area (Å²) in [6.07, 6.45) is 2.42. The molecule has 106 valence electrons. The lowest BCUT2D eigenvalue weighted by Gasteiger charge is -2.06. The lowest BCUT2D eigenvalue weighted by Crippen LogP contribution is -2.17. The van der Waals surface area contributed by atoms with Gasteiger partial charge >= 0.3 is 11.7 Å². The molecule has 0 aliphatic rings. The topological polar surface area (TPSA) is 98.8 Å². The highest BCUT2D eigenvalue weighted by Gasteiger charge is 2.14. The Kier molecular flexibility index (Phi) is 3.88. The number of nitrogens with one attached hydrogen (secondary N) is 1. The van der Waals surface area contributed by atoms with Gasteiger partial charge in [-0.15, -0.1) is 0 Å². The largest absolute Gasteiger partial charge is 0.463 e. The average Bonchev–Trinajstić information content (AvgIpc) is 2.74. The van der Waals surface area contributed by atoms with Gasteiger partial charge in [0.2, 0.25) is 0 Å². The van der Waals surface area contributed by atoms with Gasteiger partial charge in [0.25, 0.3) is 0 Å². The predicted molar refractivity (Wildman–Crippen MR) is 77.7 cm³/mol. The fourth-order valence-corrected chi connectivity index (χ4v) is 1.70. The number of nitrogens with two attached hydrogens (primary N) is 1. The Morgan fingerprint density at radius 3 is 2.95 bits per heavy atom. The van der Waals surface area contributed by atoms with E-state index in [1.165, 1.54) is 4.57 Å². The number of anilines is 1. The van der Waals surface area contributed by atoms with E-state index in [9.17, 15) is 4.79 Å². The van der Waals surface area contributed by atoms with Crippen molar-refractivity contribution in [1.82, 2.24) is 19.5 Å². The number of imidazole rings is 1. The van der Waals surface area contributed by atoms with Crippen molar-refractivity contribution in [2.75, 3.05) is 12.3 Å². The van der Waals surface area contributed by atoms with Crippen LogP contribution in [0.2, 0.25) is 0 Å². The summed E-state index contributed by atoms with van der Waals surface area (Å²) in [5.41, 5.74) is 6.99. The minimum Gasteiger partial charge on any atom is -0.463 e. The van der Waals surface area contributed by atoms with Gasteiger partial charge in [0.15, 0.2) is 11.5 Å². The van der Waals surface area contributed by atoms with Crippen LogP contribution in [0, 0.1) is 0 Å². The molecule has 0 amide bonds. The first-order valence-corrected chi connectivity index (χ1v) is 6.25. The maximum atomic E-state index is 11.9. The molecule has 0 fully saturated rings. The van der Waals surface area contributed by atoms with Crippen molar-refractivity contribution in [2.45, 2.75) is 19.9 Å². The van der Waals surface area contributed by atoms with Crippen LogP contribution in [0.5, 0.6) is 6.01 Å². The summed E-state index contributed by atoms with van der Waals surface area (Å²) in [7, 11) is 0. The number of hydrogen-bond acceptors (Lipinski definition) is 5. The van der Waals surface area contributed by atoms with Crippen LogP contribution < -0.4 is 16.2 Å². The zero-order valence-corrected chi connectivity index (χ0v) is 11.3. The van der Waals surface area contributed by atoms with Gasteiger partial charge in [0.1, 0.15) is 5.52 Å². The summed E-state index contributed by atoms with van der Waals surface area (Å²) >= 11 is 0. The summed E-state index contributed by atoms with van der Waals surface area (Å²) < 4.78 is 6.79. The standard InChI is InChI=1S/C13H17N5O2/c1-4-6-20-12-16-10(14)9-11(17-12)18(13(19)15-9)7-8(3)5-2/h5H,2-4,6-7H2,1H3,(H,15,19)(H2,14,16,17). The van der Waals surface area contributed by atoms with E-state index in [0.29, 0.717) is 23.3 Å². The molecule has 20 heavy (non-hydrogen) atoms. The van der Waals surface area contributed by atoms with E-state index in [-0.39, 0.29) is 24.1 Å². The van der Waals surface area contributed by atoms with Gasteiger partial charge in [0.05, 0.1) is 13.2 Å². The molecule has 0 radical (unpaired) electrons. The van der Waals surface area contributed by atoms with Crippen molar-refractivity contribution >= 4 is 17.0 Å². The molecule has 0 saturated carbocycles. The molecule has 2 heterocycles. The van der Waals surface area contributed by atoms with Crippen LogP contribution in [0.15, 0.2) is 29.6 Å². The Bertz CT molecular complexity index is 713. The lowest BCUT2D eigenvalue weighted by atomic mass is 10.3. The van der Waals surface area contributed by atoms with Crippen LogP contribution >= 0.6 is 0 Å². The van der Waals surface area contributed by atoms with Gasteiger partial charge in [0, 0.05) is 0 Å². The number of hydrogen-bond donors (Lipinski definition) is 2.